The highest BCUT2D eigenvalue weighted by molar-refractivity contribution is 5.21. The summed E-state index contributed by atoms with van der Waals surface area (Å²) in [6.07, 6.45) is 4.36. The Hall–Kier alpha value is -1.00. The van der Waals surface area contributed by atoms with E-state index in [1.54, 1.807) is 7.11 Å². The van der Waals surface area contributed by atoms with Gasteiger partial charge in [-0.15, -0.1) is 0 Å². The minimum Gasteiger partial charge on any atom is -0.378 e. The predicted octanol–water partition coefficient (Wildman–Crippen LogP) is 3.05. The molecule has 0 heterocycles. The molecule has 1 unspecified atom stereocenters. The molecule has 106 valence electrons. The summed E-state index contributed by atoms with van der Waals surface area (Å²) < 4.78 is 32.9. The third kappa shape index (κ3) is 3.12. The molecular weight excluding hydrogens is 248 g/mol. The largest absolute Gasteiger partial charge is 0.378 e. The van der Waals surface area contributed by atoms with E-state index < -0.39 is 11.6 Å². The fourth-order valence-electron chi connectivity index (χ4n) is 2.76. The summed E-state index contributed by atoms with van der Waals surface area (Å²) >= 11 is 0. The summed E-state index contributed by atoms with van der Waals surface area (Å²) in [5.74, 6) is -0.944. The van der Waals surface area contributed by atoms with Crippen molar-refractivity contribution in [2.45, 2.75) is 43.7 Å². The van der Waals surface area contributed by atoms with Crippen LogP contribution in [0.15, 0.2) is 18.2 Å². The molecule has 1 aliphatic rings. The van der Waals surface area contributed by atoms with Crippen molar-refractivity contribution in [3.8, 4) is 0 Å². The Labute approximate surface area is 113 Å². The molecule has 1 aliphatic carbocycles. The van der Waals surface area contributed by atoms with Crippen molar-refractivity contribution in [2.24, 2.45) is 0 Å². The number of hydrogen-bond acceptors (Lipinski definition) is 2. The molecule has 2 rings (SSSR count). The van der Waals surface area contributed by atoms with Crippen LogP contribution in [0, 0.1) is 11.6 Å². The third-order valence-electron chi connectivity index (χ3n) is 4.24. The lowest BCUT2D eigenvalue weighted by molar-refractivity contribution is -0.0831. The van der Waals surface area contributed by atoms with Crippen molar-refractivity contribution < 1.29 is 13.5 Å². The smallest absolute Gasteiger partial charge is 0.129 e. The van der Waals surface area contributed by atoms with Crippen molar-refractivity contribution >= 4 is 0 Å². The van der Waals surface area contributed by atoms with Gasteiger partial charge in [0.15, 0.2) is 0 Å². The first-order valence-electron chi connectivity index (χ1n) is 6.75. The molecule has 1 aromatic carbocycles. The van der Waals surface area contributed by atoms with E-state index in [1.165, 1.54) is 24.6 Å². The molecule has 1 saturated carbocycles. The highest BCUT2D eigenvalue weighted by atomic mass is 19.1. The number of halogens is 2. The lowest BCUT2D eigenvalue weighted by Gasteiger charge is -2.42. The molecular formula is C15H21F2NO. The Kier molecular flexibility index (Phi) is 4.53. The number of likely N-dealkylation sites (N-methyl/N-ethyl adjacent to an activating group) is 1. The minimum absolute atomic E-state index is 0.0200. The van der Waals surface area contributed by atoms with E-state index in [2.05, 4.69) is 5.32 Å². The fraction of sp³-hybridized carbons (Fsp3) is 0.600. The SMILES string of the molecule is CNC(Cc1c(F)cccc1F)CC1(OC)CCC1. The van der Waals surface area contributed by atoms with Gasteiger partial charge in [0.05, 0.1) is 5.60 Å². The van der Waals surface area contributed by atoms with Crippen molar-refractivity contribution in [1.82, 2.24) is 5.32 Å². The van der Waals surface area contributed by atoms with Crippen LogP contribution in [-0.2, 0) is 11.2 Å². The molecule has 2 nitrogen and oxygen atoms in total. The number of hydrogen-bond donors (Lipinski definition) is 1. The summed E-state index contributed by atoms with van der Waals surface area (Å²) in [4.78, 5) is 0. The lowest BCUT2D eigenvalue weighted by atomic mass is 9.75. The fourth-order valence-corrected chi connectivity index (χ4v) is 2.76. The van der Waals surface area contributed by atoms with Gasteiger partial charge in [-0.1, -0.05) is 6.07 Å². The van der Waals surface area contributed by atoms with Crippen LogP contribution in [0.1, 0.15) is 31.2 Å². The molecule has 0 aromatic heterocycles. The number of methoxy groups -OCH3 is 1. The molecule has 1 N–H and O–H groups in total. The van der Waals surface area contributed by atoms with Crippen molar-refractivity contribution in [3.63, 3.8) is 0 Å². The maximum Gasteiger partial charge on any atom is 0.129 e. The maximum absolute atomic E-state index is 13.7. The summed E-state index contributed by atoms with van der Waals surface area (Å²) in [5.41, 5.74) is 0.0579. The molecule has 0 amide bonds. The van der Waals surface area contributed by atoms with Gasteiger partial charge >= 0.3 is 0 Å². The first-order valence-corrected chi connectivity index (χ1v) is 6.75. The highest BCUT2D eigenvalue weighted by Crippen LogP contribution is 2.39. The number of ether oxygens (including phenoxy) is 1. The zero-order chi connectivity index (χ0) is 13.9. The number of benzene rings is 1. The second kappa shape index (κ2) is 5.97. The first kappa shape index (κ1) is 14.4. The van der Waals surface area contributed by atoms with Crippen LogP contribution in [0.4, 0.5) is 8.78 Å². The average Bonchev–Trinajstić information content (AvgIpc) is 2.36. The van der Waals surface area contributed by atoms with E-state index in [9.17, 15) is 8.78 Å². The Morgan fingerprint density at radius 2 is 1.95 bits per heavy atom. The topological polar surface area (TPSA) is 21.3 Å². The zero-order valence-corrected chi connectivity index (χ0v) is 11.5. The molecule has 0 bridgehead atoms. The Balaban J connectivity index is 2.07. The molecule has 0 spiro atoms. The van der Waals surface area contributed by atoms with E-state index >= 15 is 0 Å². The minimum atomic E-state index is -0.472. The highest BCUT2D eigenvalue weighted by Gasteiger charge is 2.38. The van der Waals surface area contributed by atoms with E-state index in [1.807, 2.05) is 7.05 Å². The van der Waals surface area contributed by atoms with E-state index in [0.29, 0.717) is 6.42 Å². The van der Waals surface area contributed by atoms with Crippen LogP contribution in [0.5, 0.6) is 0 Å². The van der Waals surface area contributed by atoms with Crippen LogP contribution < -0.4 is 5.32 Å². The molecule has 1 fully saturated rings. The van der Waals surface area contributed by atoms with Crippen LogP contribution in [0.25, 0.3) is 0 Å². The van der Waals surface area contributed by atoms with Gasteiger partial charge in [0.1, 0.15) is 11.6 Å². The Morgan fingerprint density at radius 1 is 1.32 bits per heavy atom. The summed E-state index contributed by atoms with van der Waals surface area (Å²) in [6, 6.07) is 4.03. The summed E-state index contributed by atoms with van der Waals surface area (Å²) in [5, 5.41) is 3.15. The Morgan fingerprint density at radius 3 is 2.37 bits per heavy atom. The molecule has 0 aliphatic heterocycles. The summed E-state index contributed by atoms with van der Waals surface area (Å²) in [6.45, 7) is 0. The number of rotatable bonds is 6. The van der Waals surface area contributed by atoms with Gasteiger partial charge in [-0.05, 0) is 51.3 Å². The average molecular weight is 269 g/mol. The Bertz CT molecular complexity index is 406. The monoisotopic (exact) mass is 269 g/mol. The van der Waals surface area contributed by atoms with Gasteiger partial charge in [0, 0.05) is 18.7 Å². The van der Waals surface area contributed by atoms with Gasteiger partial charge < -0.3 is 10.1 Å². The van der Waals surface area contributed by atoms with Crippen LogP contribution in [0.2, 0.25) is 0 Å². The van der Waals surface area contributed by atoms with Gasteiger partial charge in [-0.3, -0.25) is 0 Å². The molecule has 19 heavy (non-hydrogen) atoms. The molecule has 0 saturated heterocycles. The molecule has 1 aromatic rings. The zero-order valence-electron chi connectivity index (χ0n) is 11.5. The molecule has 0 radical (unpaired) electrons. The lowest BCUT2D eigenvalue weighted by Crippen LogP contribution is -2.46. The van der Waals surface area contributed by atoms with Crippen LogP contribution in [-0.4, -0.2) is 25.8 Å². The van der Waals surface area contributed by atoms with Gasteiger partial charge in [-0.2, -0.15) is 0 Å². The van der Waals surface area contributed by atoms with E-state index in [0.717, 1.165) is 19.3 Å². The van der Waals surface area contributed by atoms with Gasteiger partial charge in [-0.25, -0.2) is 8.78 Å². The summed E-state index contributed by atoms with van der Waals surface area (Å²) in [7, 11) is 3.54. The van der Waals surface area contributed by atoms with Gasteiger partial charge in [0.25, 0.3) is 0 Å². The van der Waals surface area contributed by atoms with Crippen molar-refractivity contribution in [3.05, 3.63) is 35.4 Å². The van der Waals surface area contributed by atoms with Crippen molar-refractivity contribution in [1.29, 1.82) is 0 Å². The van der Waals surface area contributed by atoms with Gasteiger partial charge in [0.2, 0.25) is 0 Å². The number of nitrogens with one attached hydrogen (secondary N) is 1. The van der Waals surface area contributed by atoms with Crippen LogP contribution in [0.3, 0.4) is 0 Å². The quantitative estimate of drug-likeness (QED) is 0.857. The van der Waals surface area contributed by atoms with E-state index in [-0.39, 0.29) is 17.2 Å². The maximum atomic E-state index is 13.7. The second-order valence-corrected chi connectivity index (χ2v) is 5.33. The molecule has 4 heteroatoms. The second-order valence-electron chi connectivity index (χ2n) is 5.33. The van der Waals surface area contributed by atoms with Crippen LogP contribution >= 0.6 is 0 Å². The van der Waals surface area contributed by atoms with E-state index in [4.69, 9.17) is 4.74 Å². The molecule has 1 atom stereocenters. The first-order chi connectivity index (χ1) is 9.10. The van der Waals surface area contributed by atoms with Crippen molar-refractivity contribution in [2.75, 3.05) is 14.2 Å². The third-order valence-corrected chi connectivity index (χ3v) is 4.24. The normalized spacial score (nSPS) is 18.9. The standard InChI is InChI=1S/C15H21F2NO/c1-18-11(10-15(19-2)7-4-8-15)9-12-13(16)5-3-6-14(12)17/h3,5-6,11,18H,4,7-10H2,1-2H3. The predicted molar refractivity (Wildman–Crippen MR) is 71.1 cm³/mol.